The van der Waals surface area contributed by atoms with E-state index in [2.05, 4.69) is 22.6 Å². The van der Waals surface area contributed by atoms with E-state index in [0.29, 0.717) is 31.4 Å². The molecule has 124 valence electrons. The number of halogens is 1. The highest BCUT2D eigenvalue weighted by atomic mass is 35.5. The maximum absolute atomic E-state index is 12.5. The molecule has 0 saturated carbocycles. The number of hydrogen-bond acceptors (Lipinski definition) is 5. The lowest BCUT2D eigenvalue weighted by molar-refractivity contribution is -0.0228. The fourth-order valence-corrected chi connectivity index (χ4v) is 2.94. The SMILES string of the molecule is CCC1CN(C(=O)c2cn(C3CCNCC3)nn2)CCO1.Cl. The topological polar surface area (TPSA) is 72.3 Å². The molecule has 2 aliphatic heterocycles. The van der Waals surface area contributed by atoms with Gasteiger partial charge in [0.15, 0.2) is 5.69 Å². The maximum atomic E-state index is 12.5. The summed E-state index contributed by atoms with van der Waals surface area (Å²) in [6.45, 7) is 5.95. The molecule has 2 fully saturated rings. The van der Waals surface area contributed by atoms with E-state index >= 15 is 0 Å². The van der Waals surface area contributed by atoms with Crippen molar-refractivity contribution in [3.05, 3.63) is 11.9 Å². The predicted octanol–water partition coefficient (Wildman–Crippen LogP) is 0.875. The van der Waals surface area contributed by atoms with E-state index in [4.69, 9.17) is 4.74 Å². The summed E-state index contributed by atoms with van der Waals surface area (Å²) in [5, 5.41) is 11.6. The molecule has 7 nitrogen and oxygen atoms in total. The number of ether oxygens (including phenoxy) is 1. The summed E-state index contributed by atoms with van der Waals surface area (Å²) in [4.78, 5) is 14.3. The van der Waals surface area contributed by atoms with Gasteiger partial charge in [0.05, 0.1) is 24.9 Å². The van der Waals surface area contributed by atoms with Crippen LogP contribution in [0.2, 0.25) is 0 Å². The zero-order valence-corrected chi connectivity index (χ0v) is 13.7. The van der Waals surface area contributed by atoms with Crippen molar-refractivity contribution in [1.29, 1.82) is 0 Å². The van der Waals surface area contributed by atoms with E-state index in [-0.39, 0.29) is 24.4 Å². The first-order valence-corrected chi connectivity index (χ1v) is 7.81. The van der Waals surface area contributed by atoms with Crippen LogP contribution in [0, 0.1) is 0 Å². The Morgan fingerprint density at radius 1 is 1.45 bits per heavy atom. The molecular formula is C14H24ClN5O2. The molecule has 1 N–H and O–H groups in total. The molecule has 0 aromatic carbocycles. The summed E-state index contributed by atoms with van der Waals surface area (Å²) in [6.07, 6.45) is 4.93. The third-order valence-corrected chi connectivity index (χ3v) is 4.29. The summed E-state index contributed by atoms with van der Waals surface area (Å²) in [5.41, 5.74) is 0.449. The van der Waals surface area contributed by atoms with Crippen molar-refractivity contribution >= 4 is 18.3 Å². The third-order valence-electron chi connectivity index (χ3n) is 4.29. The minimum absolute atomic E-state index is 0. The van der Waals surface area contributed by atoms with Crippen LogP contribution in [-0.4, -0.2) is 64.7 Å². The standard InChI is InChI=1S/C14H23N5O2.ClH/c1-2-12-9-18(7-8-21-12)14(20)13-10-19(17-16-13)11-3-5-15-6-4-11;/h10-12,15H,2-9H2,1H3;1H. The number of hydrogen-bond donors (Lipinski definition) is 1. The first-order chi connectivity index (χ1) is 10.3. The number of morpholine rings is 1. The van der Waals surface area contributed by atoms with E-state index in [1.165, 1.54) is 0 Å². The van der Waals surface area contributed by atoms with Crippen molar-refractivity contribution in [1.82, 2.24) is 25.2 Å². The van der Waals surface area contributed by atoms with E-state index in [9.17, 15) is 4.79 Å². The van der Waals surface area contributed by atoms with Gasteiger partial charge in [0.2, 0.25) is 0 Å². The van der Waals surface area contributed by atoms with Gasteiger partial charge in [-0.1, -0.05) is 12.1 Å². The predicted molar refractivity (Wildman–Crippen MR) is 84.3 cm³/mol. The Hall–Kier alpha value is -1.18. The number of piperidine rings is 1. The van der Waals surface area contributed by atoms with Crippen LogP contribution in [0.1, 0.15) is 42.7 Å². The van der Waals surface area contributed by atoms with Crippen LogP contribution in [0.4, 0.5) is 0 Å². The molecule has 2 aliphatic rings. The molecule has 1 atom stereocenters. The van der Waals surface area contributed by atoms with Crippen LogP contribution in [0.3, 0.4) is 0 Å². The van der Waals surface area contributed by atoms with Crippen molar-refractivity contribution in [2.75, 3.05) is 32.8 Å². The molecule has 3 rings (SSSR count). The van der Waals surface area contributed by atoms with Gasteiger partial charge in [-0.2, -0.15) is 0 Å². The van der Waals surface area contributed by atoms with Crippen molar-refractivity contribution in [2.24, 2.45) is 0 Å². The fraction of sp³-hybridized carbons (Fsp3) is 0.786. The molecule has 0 radical (unpaired) electrons. The van der Waals surface area contributed by atoms with E-state index in [1.54, 1.807) is 6.20 Å². The number of nitrogens with one attached hydrogen (secondary N) is 1. The van der Waals surface area contributed by atoms with Crippen molar-refractivity contribution in [2.45, 2.75) is 38.3 Å². The van der Waals surface area contributed by atoms with Gasteiger partial charge in [0.25, 0.3) is 5.91 Å². The quantitative estimate of drug-likeness (QED) is 0.891. The highest BCUT2D eigenvalue weighted by Gasteiger charge is 2.26. The molecule has 1 amide bonds. The first-order valence-electron chi connectivity index (χ1n) is 7.81. The lowest BCUT2D eigenvalue weighted by atomic mass is 10.1. The lowest BCUT2D eigenvalue weighted by Crippen LogP contribution is -2.45. The number of rotatable bonds is 3. The second kappa shape index (κ2) is 7.89. The van der Waals surface area contributed by atoms with E-state index in [1.807, 2.05) is 9.58 Å². The molecule has 3 heterocycles. The van der Waals surface area contributed by atoms with Gasteiger partial charge in [0, 0.05) is 13.1 Å². The molecule has 1 unspecified atom stereocenters. The molecule has 2 saturated heterocycles. The zero-order chi connectivity index (χ0) is 14.7. The van der Waals surface area contributed by atoms with Gasteiger partial charge in [0.1, 0.15) is 0 Å². The Balaban J connectivity index is 0.00000176. The number of nitrogens with zero attached hydrogens (tertiary/aromatic N) is 4. The minimum atomic E-state index is -0.0306. The van der Waals surface area contributed by atoms with Gasteiger partial charge >= 0.3 is 0 Å². The number of carbonyl (C=O) groups is 1. The summed E-state index contributed by atoms with van der Waals surface area (Å²) in [6, 6.07) is 0.355. The molecule has 22 heavy (non-hydrogen) atoms. The minimum Gasteiger partial charge on any atom is -0.375 e. The van der Waals surface area contributed by atoms with Crippen LogP contribution in [0.25, 0.3) is 0 Å². The Morgan fingerprint density at radius 3 is 2.95 bits per heavy atom. The molecule has 0 aliphatic carbocycles. The van der Waals surface area contributed by atoms with Crippen LogP contribution < -0.4 is 5.32 Å². The van der Waals surface area contributed by atoms with E-state index in [0.717, 1.165) is 32.4 Å². The van der Waals surface area contributed by atoms with E-state index < -0.39 is 0 Å². The van der Waals surface area contributed by atoms with Gasteiger partial charge in [-0.05, 0) is 32.4 Å². The summed E-state index contributed by atoms with van der Waals surface area (Å²) < 4.78 is 7.45. The van der Waals surface area contributed by atoms with Gasteiger partial charge in [-0.25, -0.2) is 4.68 Å². The fourth-order valence-electron chi connectivity index (χ4n) is 2.94. The molecule has 0 bridgehead atoms. The largest absolute Gasteiger partial charge is 0.375 e. The number of amides is 1. The lowest BCUT2D eigenvalue weighted by Gasteiger charge is -2.31. The van der Waals surface area contributed by atoms with Gasteiger partial charge in [-0.3, -0.25) is 4.79 Å². The van der Waals surface area contributed by atoms with Crippen LogP contribution >= 0.6 is 12.4 Å². The summed E-state index contributed by atoms with van der Waals surface area (Å²) in [5.74, 6) is -0.0306. The normalized spacial score (nSPS) is 23.1. The molecule has 0 spiro atoms. The average molecular weight is 330 g/mol. The number of aromatic nitrogens is 3. The van der Waals surface area contributed by atoms with Crippen LogP contribution in [0.5, 0.6) is 0 Å². The smallest absolute Gasteiger partial charge is 0.276 e. The van der Waals surface area contributed by atoms with Crippen LogP contribution in [0.15, 0.2) is 6.20 Å². The van der Waals surface area contributed by atoms with Gasteiger partial charge < -0.3 is 15.0 Å². The Labute approximate surface area is 136 Å². The van der Waals surface area contributed by atoms with Crippen molar-refractivity contribution < 1.29 is 9.53 Å². The molecular weight excluding hydrogens is 306 g/mol. The highest BCUT2D eigenvalue weighted by molar-refractivity contribution is 5.92. The number of carbonyl (C=O) groups excluding carboxylic acids is 1. The Bertz CT molecular complexity index is 489. The zero-order valence-electron chi connectivity index (χ0n) is 12.9. The molecule has 1 aromatic rings. The first kappa shape index (κ1) is 17.2. The van der Waals surface area contributed by atoms with Crippen molar-refractivity contribution in [3.8, 4) is 0 Å². The molecule has 8 heteroatoms. The van der Waals surface area contributed by atoms with Crippen LogP contribution in [-0.2, 0) is 4.74 Å². The third kappa shape index (κ3) is 3.77. The highest BCUT2D eigenvalue weighted by Crippen LogP contribution is 2.18. The average Bonchev–Trinajstić information content (AvgIpc) is 3.05. The monoisotopic (exact) mass is 329 g/mol. The maximum Gasteiger partial charge on any atom is 0.276 e. The summed E-state index contributed by atoms with van der Waals surface area (Å²) in [7, 11) is 0. The second-order valence-corrected chi connectivity index (χ2v) is 5.72. The second-order valence-electron chi connectivity index (χ2n) is 5.72. The van der Waals surface area contributed by atoms with Crippen molar-refractivity contribution in [3.63, 3.8) is 0 Å². The Morgan fingerprint density at radius 2 is 2.23 bits per heavy atom. The summed E-state index contributed by atoms with van der Waals surface area (Å²) >= 11 is 0. The van der Waals surface area contributed by atoms with Gasteiger partial charge in [-0.15, -0.1) is 17.5 Å². The molecule has 1 aromatic heterocycles. The Kier molecular flexibility index (Phi) is 6.16.